The third kappa shape index (κ3) is 4.76. The van der Waals surface area contributed by atoms with E-state index in [0.717, 1.165) is 90.3 Å². The van der Waals surface area contributed by atoms with Crippen LogP contribution >= 0.6 is 0 Å². The lowest BCUT2D eigenvalue weighted by Gasteiger charge is -2.35. The number of likely N-dealkylation sites (tertiary alicyclic amines) is 1. The normalized spacial score (nSPS) is 29.8. The quantitative estimate of drug-likeness (QED) is 0.579. The van der Waals surface area contributed by atoms with Gasteiger partial charge in [0.2, 0.25) is 0 Å². The van der Waals surface area contributed by atoms with Crippen molar-refractivity contribution in [2.45, 2.75) is 71.6 Å². The average molecular weight is 362 g/mol. The maximum absolute atomic E-state index is 12.3. The van der Waals surface area contributed by atoms with Crippen molar-refractivity contribution in [3.63, 3.8) is 0 Å². The number of hydrogen-bond donors (Lipinski definition) is 0. The molecule has 4 nitrogen and oxygen atoms in total. The van der Waals surface area contributed by atoms with Gasteiger partial charge in [-0.1, -0.05) is 13.8 Å². The van der Waals surface area contributed by atoms with Crippen LogP contribution in [0.4, 0.5) is 0 Å². The summed E-state index contributed by atoms with van der Waals surface area (Å²) in [5.74, 6) is 2.55. The molecule has 0 aromatic heterocycles. The molecule has 4 heteroatoms. The summed E-state index contributed by atoms with van der Waals surface area (Å²) in [5.41, 5.74) is 1.63. The summed E-state index contributed by atoms with van der Waals surface area (Å²) in [4.78, 5) is 25.6. The molecule has 1 aliphatic heterocycles. The second kappa shape index (κ2) is 8.69. The smallest absolute Gasteiger partial charge is 0.133 e. The predicted molar refractivity (Wildman–Crippen MR) is 103 cm³/mol. The lowest BCUT2D eigenvalue weighted by atomic mass is 9.68. The number of fused-ring (bicyclic) bond motifs is 2. The van der Waals surface area contributed by atoms with Crippen molar-refractivity contribution < 1.29 is 14.3 Å². The van der Waals surface area contributed by atoms with E-state index >= 15 is 0 Å². The first-order valence-corrected chi connectivity index (χ1v) is 10.6. The molecule has 0 spiro atoms. The molecule has 3 aliphatic rings. The van der Waals surface area contributed by atoms with Gasteiger partial charge in [-0.15, -0.1) is 0 Å². The molecular formula is C22H35NO3. The van der Waals surface area contributed by atoms with Gasteiger partial charge < -0.3 is 9.53 Å². The molecule has 1 saturated carbocycles. The Morgan fingerprint density at radius 1 is 1.31 bits per heavy atom. The Hall–Kier alpha value is -1.16. The Labute approximate surface area is 158 Å². The van der Waals surface area contributed by atoms with Crippen molar-refractivity contribution in [2.75, 3.05) is 26.2 Å². The highest BCUT2D eigenvalue weighted by atomic mass is 16.5. The maximum atomic E-state index is 12.3. The molecule has 0 aromatic carbocycles. The van der Waals surface area contributed by atoms with Crippen LogP contribution in [-0.4, -0.2) is 43.2 Å². The van der Waals surface area contributed by atoms with E-state index in [4.69, 9.17) is 4.74 Å². The molecule has 2 unspecified atom stereocenters. The molecule has 0 amide bonds. The van der Waals surface area contributed by atoms with Gasteiger partial charge in [0.25, 0.3) is 0 Å². The molecule has 2 atom stereocenters. The van der Waals surface area contributed by atoms with Gasteiger partial charge in [0, 0.05) is 31.7 Å². The molecule has 2 bridgehead atoms. The van der Waals surface area contributed by atoms with Crippen LogP contribution in [0.25, 0.3) is 0 Å². The average Bonchev–Trinajstić information content (AvgIpc) is 2.85. The third-order valence-electron chi connectivity index (χ3n) is 6.50. The van der Waals surface area contributed by atoms with Gasteiger partial charge in [-0.25, -0.2) is 0 Å². The summed E-state index contributed by atoms with van der Waals surface area (Å²) >= 11 is 0. The Balaban J connectivity index is 1.50. The lowest BCUT2D eigenvalue weighted by molar-refractivity contribution is -0.121. The number of carbonyl (C=O) groups is 2. The zero-order chi connectivity index (χ0) is 18.6. The Kier molecular flexibility index (Phi) is 6.55. The van der Waals surface area contributed by atoms with Crippen LogP contribution in [0.1, 0.15) is 71.6 Å². The fourth-order valence-electron chi connectivity index (χ4n) is 5.39. The minimum Gasteiger partial charge on any atom is -0.497 e. The molecule has 0 aromatic rings. The lowest BCUT2D eigenvalue weighted by Crippen LogP contribution is -2.36. The van der Waals surface area contributed by atoms with Gasteiger partial charge in [-0.2, -0.15) is 0 Å². The fraction of sp³-hybridized carbons (Fsp3) is 0.818. The zero-order valence-corrected chi connectivity index (χ0v) is 16.6. The van der Waals surface area contributed by atoms with Crippen molar-refractivity contribution in [3.8, 4) is 0 Å². The standard InChI is InChI=1S/C22H35NO3/c1-3-4-20(25)14-22-12-17(2)11-19(13-22)21(15-22)26-10-9-23-7-5-18(16-24)6-8-23/h16-18H,3-15H2,1-2H3. The molecule has 1 heterocycles. The number of hydrogen-bond acceptors (Lipinski definition) is 4. The fourth-order valence-corrected chi connectivity index (χ4v) is 5.39. The van der Waals surface area contributed by atoms with Gasteiger partial charge in [0.05, 0.1) is 5.76 Å². The van der Waals surface area contributed by atoms with Crippen molar-refractivity contribution in [2.24, 2.45) is 17.3 Å². The van der Waals surface area contributed by atoms with E-state index in [2.05, 4.69) is 18.7 Å². The molecule has 0 N–H and O–H groups in total. The number of Topliss-reactive ketones (excluding diaryl/α,β-unsaturated/α-hetero) is 1. The first-order valence-electron chi connectivity index (χ1n) is 10.6. The van der Waals surface area contributed by atoms with E-state index in [1.54, 1.807) is 0 Å². The van der Waals surface area contributed by atoms with Gasteiger partial charge in [0.1, 0.15) is 18.7 Å². The molecule has 3 rings (SSSR count). The second-order valence-corrected chi connectivity index (χ2v) is 9.02. The number of allylic oxidation sites excluding steroid dienone is 2. The Morgan fingerprint density at radius 2 is 2.08 bits per heavy atom. The number of ether oxygens (including phenoxy) is 1. The summed E-state index contributed by atoms with van der Waals surface area (Å²) in [6.45, 7) is 8.09. The number of nitrogens with zero attached hydrogens (tertiary/aromatic N) is 1. The first kappa shape index (κ1) is 19.6. The topological polar surface area (TPSA) is 46.6 Å². The highest BCUT2D eigenvalue weighted by Gasteiger charge is 2.45. The highest BCUT2D eigenvalue weighted by molar-refractivity contribution is 5.79. The summed E-state index contributed by atoms with van der Waals surface area (Å²) < 4.78 is 6.24. The number of aldehydes is 1. The Morgan fingerprint density at radius 3 is 2.77 bits per heavy atom. The van der Waals surface area contributed by atoms with Crippen molar-refractivity contribution in [1.29, 1.82) is 0 Å². The van der Waals surface area contributed by atoms with Crippen LogP contribution in [0.3, 0.4) is 0 Å². The van der Waals surface area contributed by atoms with Crippen LogP contribution in [0.15, 0.2) is 11.3 Å². The molecule has 26 heavy (non-hydrogen) atoms. The summed E-state index contributed by atoms with van der Waals surface area (Å²) in [7, 11) is 0. The first-order chi connectivity index (χ1) is 12.5. The third-order valence-corrected chi connectivity index (χ3v) is 6.50. The van der Waals surface area contributed by atoms with Crippen molar-refractivity contribution >= 4 is 12.1 Å². The molecule has 1 saturated heterocycles. The highest BCUT2D eigenvalue weighted by Crippen LogP contribution is 2.55. The van der Waals surface area contributed by atoms with E-state index in [1.165, 1.54) is 11.3 Å². The number of carbonyl (C=O) groups excluding carboxylic acids is 2. The number of piperidine rings is 1. The predicted octanol–water partition coefficient (Wildman–Crippen LogP) is 4.14. The monoisotopic (exact) mass is 361 g/mol. The molecule has 2 aliphatic carbocycles. The molecule has 146 valence electrons. The van der Waals surface area contributed by atoms with Gasteiger partial charge >= 0.3 is 0 Å². The number of ketones is 1. The van der Waals surface area contributed by atoms with Crippen LogP contribution < -0.4 is 0 Å². The van der Waals surface area contributed by atoms with Gasteiger partial charge in [-0.3, -0.25) is 9.69 Å². The van der Waals surface area contributed by atoms with Crippen LogP contribution in [-0.2, 0) is 14.3 Å². The van der Waals surface area contributed by atoms with E-state index in [1.807, 2.05) is 0 Å². The summed E-state index contributed by atoms with van der Waals surface area (Å²) in [6, 6.07) is 0. The SMILES string of the molecule is CCCC(=O)CC12CC(=C(OCCN3CCC(C=O)CC3)C1)CC(C)C2. The minimum absolute atomic E-state index is 0.150. The number of rotatable bonds is 9. The molecule has 2 fully saturated rings. The van der Waals surface area contributed by atoms with Crippen LogP contribution in [0.2, 0.25) is 0 Å². The molecule has 0 radical (unpaired) electrons. The summed E-state index contributed by atoms with van der Waals surface area (Å²) in [6.07, 6.45) is 9.84. The van der Waals surface area contributed by atoms with Crippen LogP contribution in [0.5, 0.6) is 0 Å². The van der Waals surface area contributed by atoms with E-state index in [-0.39, 0.29) is 11.3 Å². The zero-order valence-electron chi connectivity index (χ0n) is 16.6. The second-order valence-electron chi connectivity index (χ2n) is 9.02. The Bertz CT molecular complexity index is 548. The maximum Gasteiger partial charge on any atom is 0.133 e. The largest absolute Gasteiger partial charge is 0.497 e. The van der Waals surface area contributed by atoms with E-state index < -0.39 is 0 Å². The van der Waals surface area contributed by atoms with Gasteiger partial charge in [0.15, 0.2) is 0 Å². The van der Waals surface area contributed by atoms with E-state index in [0.29, 0.717) is 11.7 Å². The minimum atomic E-state index is 0.150. The van der Waals surface area contributed by atoms with Crippen molar-refractivity contribution in [3.05, 3.63) is 11.3 Å². The van der Waals surface area contributed by atoms with Crippen LogP contribution in [0, 0.1) is 17.3 Å². The molecular weight excluding hydrogens is 326 g/mol. The van der Waals surface area contributed by atoms with E-state index in [9.17, 15) is 9.59 Å². The van der Waals surface area contributed by atoms with Gasteiger partial charge in [-0.05, 0) is 68.5 Å². The summed E-state index contributed by atoms with van der Waals surface area (Å²) in [5, 5.41) is 0. The van der Waals surface area contributed by atoms with Crippen molar-refractivity contribution in [1.82, 2.24) is 4.90 Å².